The molecule has 0 saturated heterocycles. The fraction of sp³-hybridized carbons (Fsp3) is 0.467. The Kier molecular flexibility index (Phi) is 3.22. The average Bonchev–Trinajstić information content (AvgIpc) is 3.03. The second kappa shape index (κ2) is 5.02. The first kappa shape index (κ1) is 12.2. The highest BCUT2D eigenvalue weighted by Crippen LogP contribution is 2.54. The zero-order valence-corrected chi connectivity index (χ0v) is 10.7. The lowest BCUT2D eigenvalue weighted by Gasteiger charge is -2.11. The molecule has 2 saturated carbocycles. The van der Waals surface area contributed by atoms with Crippen LogP contribution in [0.1, 0.15) is 24.8 Å². The Morgan fingerprint density at radius 2 is 2.21 bits per heavy atom. The predicted molar refractivity (Wildman–Crippen MR) is 73.1 cm³/mol. The summed E-state index contributed by atoms with van der Waals surface area (Å²) >= 11 is 0. The van der Waals surface area contributed by atoms with Crippen molar-refractivity contribution in [2.75, 3.05) is 11.9 Å². The van der Waals surface area contributed by atoms with Gasteiger partial charge in [0.25, 0.3) is 0 Å². The maximum Gasteiger partial charge on any atom is 0.228 e. The van der Waals surface area contributed by atoms with Crippen molar-refractivity contribution in [2.24, 2.45) is 23.5 Å². The Morgan fingerprint density at radius 1 is 1.42 bits per heavy atom. The first-order valence-electron chi connectivity index (χ1n) is 6.72. The van der Waals surface area contributed by atoms with Crippen molar-refractivity contribution in [1.82, 2.24) is 4.98 Å². The molecule has 0 bridgehead atoms. The molecule has 4 heteroatoms. The number of carbonyl (C=O) groups excluding carboxylic acids is 1. The summed E-state index contributed by atoms with van der Waals surface area (Å²) < 4.78 is 0. The number of aromatic nitrogens is 1. The predicted octanol–water partition coefficient (Wildman–Crippen LogP) is 1.38. The number of pyridine rings is 1. The molecule has 19 heavy (non-hydrogen) atoms. The summed E-state index contributed by atoms with van der Waals surface area (Å²) in [6.07, 6.45) is 5.07. The van der Waals surface area contributed by atoms with E-state index < -0.39 is 0 Å². The zero-order chi connectivity index (χ0) is 13.2. The third-order valence-electron chi connectivity index (χ3n) is 3.96. The Hall–Kier alpha value is -1.86. The highest BCUT2D eigenvalue weighted by atomic mass is 16.1. The minimum absolute atomic E-state index is 0.101. The van der Waals surface area contributed by atoms with Gasteiger partial charge in [-0.05, 0) is 43.2 Å². The van der Waals surface area contributed by atoms with Crippen LogP contribution >= 0.6 is 0 Å². The molecule has 2 aliphatic carbocycles. The van der Waals surface area contributed by atoms with Crippen LogP contribution in [0.3, 0.4) is 0 Å². The fourth-order valence-corrected chi connectivity index (χ4v) is 2.89. The summed E-state index contributed by atoms with van der Waals surface area (Å²) in [7, 11) is 0. The minimum atomic E-state index is 0.101. The quantitative estimate of drug-likeness (QED) is 0.784. The highest BCUT2D eigenvalue weighted by Gasteiger charge is 2.47. The number of nitrogens with two attached hydrogens (primary N) is 1. The number of hydrogen-bond acceptors (Lipinski definition) is 3. The topological polar surface area (TPSA) is 68.0 Å². The molecule has 1 heterocycles. The number of fused-ring (bicyclic) bond motifs is 1. The molecule has 1 aromatic heterocycles. The van der Waals surface area contributed by atoms with Crippen LogP contribution in [0.4, 0.5) is 5.82 Å². The van der Waals surface area contributed by atoms with Gasteiger partial charge in [0, 0.05) is 17.7 Å². The molecular weight excluding hydrogens is 238 g/mol. The lowest BCUT2D eigenvalue weighted by Crippen LogP contribution is -2.22. The van der Waals surface area contributed by atoms with Crippen molar-refractivity contribution >= 4 is 11.7 Å². The second-order valence-electron chi connectivity index (χ2n) is 5.35. The first-order chi connectivity index (χ1) is 9.26. The van der Waals surface area contributed by atoms with Crippen molar-refractivity contribution in [3.63, 3.8) is 0 Å². The van der Waals surface area contributed by atoms with E-state index in [0.29, 0.717) is 12.4 Å². The van der Waals surface area contributed by atoms with E-state index in [2.05, 4.69) is 22.1 Å². The molecule has 3 rings (SSSR count). The number of carbonyl (C=O) groups is 1. The lowest BCUT2D eigenvalue weighted by molar-refractivity contribution is -0.120. The largest absolute Gasteiger partial charge is 0.320 e. The van der Waals surface area contributed by atoms with E-state index in [0.717, 1.165) is 30.2 Å². The summed E-state index contributed by atoms with van der Waals surface area (Å²) in [5.74, 6) is 8.20. The van der Waals surface area contributed by atoms with Gasteiger partial charge in [0.05, 0.1) is 6.54 Å². The van der Waals surface area contributed by atoms with Crippen molar-refractivity contribution in [3.8, 4) is 11.8 Å². The number of rotatable bonds is 2. The molecule has 0 aliphatic heterocycles. The molecule has 3 N–H and O–H groups in total. The van der Waals surface area contributed by atoms with Crippen molar-refractivity contribution in [1.29, 1.82) is 0 Å². The van der Waals surface area contributed by atoms with Gasteiger partial charge in [0.15, 0.2) is 0 Å². The van der Waals surface area contributed by atoms with Gasteiger partial charge >= 0.3 is 0 Å². The van der Waals surface area contributed by atoms with Gasteiger partial charge in [0.1, 0.15) is 5.82 Å². The van der Waals surface area contributed by atoms with Gasteiger partial charge in [0.2, 0.25) is 5.91 Å². The number of nitrogens with one attached hydrogen (secondary N) is 1. The molecule has 0 spiro atoms. The fourth-order valence-electron chi connectivity index (χ4n) is 2.89. The van der Waals surface area contributed by atoms with Crippen LogP contribution in [0.25, 0.3) is 0 Å². The van der Waals surface area contributed by atoms with Crippen molar-refractivity contribution in [2.45, 2.75) is 19.3 Å². The third-order valence-corrected chi connectivity index (χ3v) is 3.96. The van der Waals surface area contributed by atoms with Crippen LogP contribution < -0.4 is 11.1 Å². The Balaban J connectivity index is 1.64. The van der Waals surface area contributed by atoms with E-state index in [1.807, 2.05) is 6.07 Å². The molecule has 2 unspecified atom stereocenters. The average molecular weight is 255 g/mol. The van der Waals surface area contributed by atoms with Gasteiger partial charge in [-0.25, -0.2) is 4.98 Å². The molecule has 0 radical (unpaired) electrons. The number of amides is 1. The number of anilines is 1. The summed E-state index contributed by atoms with van der Waals surface area (Å²) in [6.45, 7) is 0.328. The van der Waals surface area contributed by atoms with Crippen LogP contribution in [-0.4, -0.2) is 17.4 Å². The van der Waals surface area contributed by atoms with Crippen LogP contribution in [0.15, 0.2) is 18.3 Å². The summed E-state index contributed by atoms with van der Waals surface area (Å²) in [4.78, 5) is 16.3. The molecule has 1 aromatic rings. The van der Waals surface area contributed by atoms with Crippen molar-refractivity contribution in [3.05, 3.63) is 23.9 Å². The maximum absolute atomic E-state index is 12.1. The number of hydrogen-bond donors (Lipinski definition) is 2. The van der Waals surface area contributed by atoms with Crippen LogP contribution in [0.5, 0.6) is 0 Å². The summed E-state index contributed by atoms with van der Waals surface area (Å²) in [5.41, 5.74) is 6.16. The molecule has 0 aromatic carbocycles. The maximum atomic E-state index is 12.1. The minimum Gasteiger partial charge on any atom is -0.320 e. The van der Waals surface area contributed by atoms with Gasteiger partial charge in [-0.1, -0.05) is 11.8 Å². The molecule has 1 amide bonds. The monoisotopic (exact) mass is 255 g/mol. The van der Waals surface area contributed by atoms with E-state index in [-0.39, 0.29) is 11.8 Å². The summed E-state index contributed by atoms with van der Waals surface area (Å²) in [5, 5.41) is 2.89. The van der Waals surface area contributed by atoms with E-state index in [1.54, 1.807) is 12.3 Å². The third kappa shape index (κ3) is 2.77. The van der Waals surface area contributed by atoms with Crippen LogP contribution in [0.2, 0.25) is 0 Å². The van der Waals surface area contributed by atoms with Gasteiger partial charge < -0.3 is 11.1 Å². The molecule has 4 nitrogen and oxygen atoms in total. The van der Waals surface area contributed by atoms with E-state index in [1.165, 1.54) is 6.42 Å². The van der Waals surface area contributed by atoms with E-state index in [4.69, 9.17) is 5.73 Å². The normalized spacial score (nSPS) is 27.1. The summed E-state index contributed by atoms with van der Waals surface area (Å²) in [6, 6.07) is 3.60. The Morgan fingerprint density at radius 3 is 2.95 bits per heavy atom. The van der Waals surface area contributed by atoms with Crippen LogP contribution in [0, 0.1) is 29.6 Å². The van der Waals surface area contributed by atoms with Crippen LogP contribution in [-0.2, 0) is 4.79 Å². The van der Waals surface area contributed by atoms with Gasteiger partial charge in [-0.3, -0.25) is 4.79 Å². The highest BCUT2D eigenvalue weighted by molar-refractivity contribution is 5.92. The number of nitrogens with zero attached hydrogens (tertiary/aromatic N) is 1. The SMILES string of the molecule is NCC#Cc1ccnc(NC(=O)C2CC3CC3C2)c1. The second-order valence-corrected chi connectivity index (χ2v) is 5.35. The molecule has 98 valence electrons. The molecular formula is C15H17N3O. The van der Waals surface area contributed by atoms with Crippen molar-refractivity contribution < 1.29 is 4.79 Å². The standard InChI is InChI=1S/C15H17N3O/c16-4-1-2-10-3-5-17-14(6-10)18-15(19)13-8-11-7-12(11)9-13/h3,5-6,11-13H,4,7-9,16H2,(H,17,18,19). The van der Waals surface area contributed by atoms with Gasteiger partial charge in [-0.15, -0.1) is 0 Å². The van der Waals surface area contributed by atoms with E-state index >= 15 is 0 Å². The van der Waals surface area contributed by atoms with Gasteiger partial charge in [-0.2, -0.15) is 0 Å². The zero-order valence-electron chi connectivity index (χ0n) is 10.7. The molecule has 2 atom stereocenters. The molecule has 2 fully saturated rings. The molecule has 2 aliphatic rings. The Labute approximate surface area is 112 Å². The first-order valence-corrected chi connectivity index (χ1v) is 6.72. The van der Waals surface area contributed by atoms with E-state index in [9.17, 15) is 4.79 Å². The Bertz CT molecular complexity index is 548. The smallest absolute Gasteiger partial charge is 0.228 e. The lowest BCUT2D eigenvalue weighted by atomic mass is 10.0.